The second-order valence-corrected chi connectivity index (χ2v) is 13.9. The van der Waals surface area contributed by atoms with Gasteiger partial charge < -0.3 is 32.1 Å². The van der Waals surface area contributed by atoms with Crippen molar-refractivity contribution < 1.29 is 21.9 Å². The first-order chi connectivity index (χ1) is 17.0. The maximum Gasteiger partial charge on any atom is 0.0218 e. The van der Waals surface area contributed by atoms with Crippen LogP contribution in [0, 0.1) is 35.5 Å². The number of rotatable bonds is 10. The van der Waals surface area contributed by atoms with E-state index in [4.69, 9.17) is 11.6 Å². The zero-order valence-electron chi connectivity index (χ0n) is 25.0. The van der Waals surface area contributed by atoms with Gasteiger partial charge in [-0.15, -0.1) is 0 Å². The Balaban J connectivity index is 0.00000361. The van der Waals surface area contributed by atoms with Crippen LogP contribution in [0.2, 0.25) is 0 Å². The first-order valence-electron chi connectivity index (χ1n) is 15.1. The lowest BCUT2D eigenvalue weighted by atomic mass is 9.69. The van der Waals surface area contributed by atoms with Crippen molar-refractivity contribution in [2.24, 2.45) is 35.5 Å². The van der Waals surface area contributed by atoms with Crippen LogP contribution in [0.5, 0.6) is 0 Å². The van der Waals surface area contributed by atoms with Gasteiger partial charge in [0.2, 0.25) is 0 Å². The number of halogens is 1. The first kappa shape index (κ1) is 39.1. The summed E-state index contributed by atoms with van der Waals surface area (Å²) >= 11 is 8.05. The van der Waals surface area contributed by atoms with Crippen molar-refractivity contribution in [3.8, 4) is 0 Å². The van der Waals surface area contributed by atoms with Crippen molar-refractivity contribution in [1.82, 2.24) is 14.9 Å². The minimum Gasteiger partial charge on any atom is -0.412 e. The fourth-order valence-corrected chi connectivity index (χ4v) is 8.59. The highest BCUT2D eigenvalue weighted by molar-refractivity contribution is 7.96. The zero-order chi connectivity index (χ0) is 24.6. The zero-order valence-corrected chi connectivity index (χ0v) is 26.5. The quantitative estimate of drug-likeness (QED) is 0.364. The molecule has 1 saturated heterocycles. The summed E-state index contributed by atoms with van der Waals surface area (Å²) in [5, 5.41) is 5.19. The van der Waals surface area contributed by atoms with E-state index in [2.05, 4.69) is 41.1 Å². The second kappa shape index (κ2) is 20.1. The Labute approximate surface area is 248 Å². The molecule has 2 saturated carbocycles. The average Bonchev–Trinajstić information content (AvgIpc) is 2.88. The molecule has 0 aromatic carbocycles. The van der Waals surface area contributed by atoms with Crippen molar-refractivity contribution in [3.63, 3.8) is 0 Å². The van der Waals surface area contributed by atoms with E-state index >= 15 is 0 Å². The lowest BCUT2D eigenvalue weighted by Crippen LogP contribution is -2.48. The van der Waals surface area contributed by atoms with Gasteiger partial charge in [0.1, 0.15) is 0 Å². The molecule has 5 unspecified atom stereocenters. The predicted octanol–water partition coefficient (Wildman–Crippen LogP) is 4.17. The summed E-state index contributed by atoms with van der Waals surface area (Å²) in [7, 11) is 0. The third-order valence-corrected chi connectivity index (χ3v) is 11.0. The molecule has 4 aliphatic rings. The van der Waals surface area contributed by atoms with E-state index in [1.807, 2.05) is 11.9 Å². The molecule has 0 aromatic heterocycles. The van der Waals surface area contributed by atoms with Crippen LogP contribution in [0.1, 0.15) is 97.3 Å². The van der Waals surface area contributed by atoms with Crippen molar-refractivity contribution >= 4 is 23.5 Å². The Bertz CT molecular complexity index is 664. The third-order valence-electron chi connectivity index (χ3n) is 10.1. The first-order valence-corrected chi connectivity index (χ1v) is 16.7. The highest BCUT2D eigenvalue weighted by atomic mass is 35.5. The lowest BCUT2D eigenvalue weighted by Gasteiger charge is -2.40. The number of allylic oxidation sites excluding steroid dienone is 2. The van der Waals surface area contributed by atoms with Crippen LogP contribution in [0.4, 0.5) is 0 Å². The molecular weight excluding hydrogens is 534 g/mol. The second-order valence-electron chi connectivity index (χ2n) is 12.8. The molecular formula is C30H62ClN3O4S. The van der Waals surface area contributed by atoms with Crippen LogP contribution in [0.3, 0.4) is 0 Å². The number of piperidine rings is 1. The highest BCUT2D eigenvalue weighted by Gasteiger charge is 2.33. The maximum atomic E-state index is 6.22. The molecule has 4 rings (SSSR count). The topological polar surface area (TPSA) is 153 Å². The fraction of sp³-hybridized carbons (Fsp3) is 0.933. The van der Waals surface area contributed by atoms with Gasteiger partial charge in [-0.1, -0.05) is 69.2 Å². The van der Waals surface area contributed by atoms with Crippen LogP contribution in [-0.4, -0.2) is 71.3 Å². The van der Waals surface area contributed by atoms with E-state index < -0.39 is 0 Å². The molecule has 0 bridgehead atoms. The van der Waals surface area contributed by atoms with Crippen LogP contribution in [0.25, 0.3) is 0 Å². The van der Waals surface area contributed by atoms with E-state index in [9.17, 15) is 0 Å². The summed E-state index contributed by atoms with van der Waals surface area (Å²) in [6.07, 6.45) is 22.5. The van der Waals surface area contributed by atoms with Crippen LogP contribution in [0.15, 0.2) is 11.1 Å². The molecule has 39 heavy (non-hydrogen) atoms. The molecule has 0 spiro atoms. The fourth-order valence-electron chi connectivity index (χ4n) is 7.84. The Morgan fingerprint density at radius 2 is 1.54 bits per heavy atom. The number of nitrogens with one attached hydrogen (secondary N) is 2. The van der Waals surface area contributed by atoms with Crippen molar-refractivity contribution in [2.75, 3.05) is 32.4 Å². The normalized spacial score (nSPS) is 31.1. The molecule has 3 fully saturated rings. The minimum absolute atomic E-state index is 0. The Kier molecular flexibility index (Phi) is 20.1. The molecule has 1 heterocycles. The Morgan fingerprint density at radius 3 is 2.15 bits per heavy atom. The van der Waals surface area contributed by atoms with Gasteiger partial charge in [-0.2, -0.15) is 0 Å². The van der Waals surface area contributed by atoms with Gasteiger partial charge in [-0.25, -0.2) is 0 Å². The molecule has 10 N–H and O–H groups in total. The van der Waals surface area contributed by atoms with E-state index in [0.717, 1.165) is 47.1 Å². The van der Waals surface area contributed by atoms with Gasteiger partial charge in [0, 0.05) is 23.7 Å². The molecule has 3 aliphatic carbocycles. The highest BCUT2D eigenvalue weighted by Crippen LogP contribution is 2.41. The Hall–Kier alpha value is 0.100. The molecule has 234 valence electrons. The van der Waals surface area contributed by atoms with Crippen molar-refractivity contribution in [2.45, 2.75) is 109 Å². The molecule has 0 aromatic rings. The predicted molar refractivity (Wildman–Crippen MR) is 169 cm³/mol. The molecule has 6 atom stereocenters. The van der Waals surface area contributed by atoms with E-state index in [1.165, 1.54) is 103 Å². The Morgan fingerprint density at radius 1 is 0.872 bits per heavy atom. The standard InChI is InChI=1S/C30H54ClN3S.4H2O/c1-22(2)30(21-34-16-14-25(15-17-34)24-10-12-28(31)13-11-24)32-20-23-6-4-7-26(18-23)27-8-5-9-29(19-27)33-35-3;;;;/h12,22-27,29-30,32-33H,4-11,13-21H2,1-3H3;4*1H2/t23?,24?,26?,27?,29?,30-;;;;/m0..../s1. The van der Waals surface area contributed by atoms with Crippen LogP contribution >= 0.6 is 23.5 Å². The summed E-state index contributed by atoms with van der Waals surface area (Å²) in [5.41, 5.74) is 0. The van der Waals surface area contributed by atoms with Gasteiger partial charge in [0.15, 0.2) is 0 Å². The van der Waals surface area contributed by atoms with Gasteiger partial charge in [-0.3, -0.25) is 4.72 Å². The van der Waals surface area contributed by atoms with E-state index in [1.54, 1.807) is 0 Å². The van der Waals surface area contributed by atoms with Gasteiger partial charge >= 0.3 is 0 Å². The minimum atomic E-state index is 0. The molecule has 0 amide bonds. The summed E-state index contributed by atoms with van der Waals surface area (Å²) in [4.78, 5) is 2.77. The number of hydrogen-bond donors (Lipinski definition) is 2. The number of nitrogens with zero attached hydrogens (tertiary/aromatic N) is 1. The number of likely N-dealkylation sites (tertiary alicyclic amines) is 1. The van der Waals surface area contributed by atoms with Gasteiger partial charge in [0.25, 0.3) is 0 Å². The molecule has 1 aliphatic heterocycles. The van der Waals surface area contributed by atoms with Gasteiger partial charge in [-0.05, 0) is 119 Å². The summed E-state index contributed by atoms with van der Waals surface area (Å²) in [6, 6.07) is 1.39. The van der Waals surface area contributed by atoms with Crippen molar-refractivity contribution in [1.29, 1.82) is 0 Å². The van der Waals surface area contributed by atoms with Crippen LogP contribution < -0.4 is 10.0 Å². The van der Waals surface area contributed by atoms with Crippen molar-refractivity contribution in [3.05, 3.63) is 11.1 Å². The monoisotopic (exact) mass is 595 g/mol. The van der Waals surface area contributed by atoms with Gasteiger partial charge in [0.05, 0.1) is 0 Å². The van der Waals surface area contributed by atoms with E-state index in [0.29, 0.717) is 12.0 Å². The molecule has 9 heteroatoms. The third kappa shape index (κ3) is 12.1. The maximum absolute atomic E-state index is 6.22. The van der Waals surface area contributed by atoms with E-state index in [-0.39, 0.29) is 21.9 Å². The number of hydrogen-bond acceptors (Lipinski definition) is 4. The summed E-state index contributed by atoms with van der Waals surface area (Å²) in [5.74, 6) is 5.34. The molecule has 7 nitrogen and oxygen atoms in total. The smallest absolute Gasteiger partial charge is 0.0218 e. The lowest BCUT2D eigenvalue weighted by molar-refractivity contribution is 0.117. The summed E-state index contributed by atoms with van der Waals surface area (Å²) in [6.45, 7) is 9.91. The summed E-state index contributed by atoms with van der Waals surface area (Å²) < 4.78 is 3.67. The average molecular weight is 596 g/mol. The SMILES string of the molecule is CSNC1CCCC(C2CCCC(CN[C@@H](CN3CCC(C4CC=C(Cl)CC4)CC3)C(C)C)C2)C1.O.O.O.O. The molecule has 0 radical (unpaired) electrons. The largest absolute Gasteiger partial charge is 0.412 e. The van der Waals surface area contributed by atoms with Crippen LogP contribution in [-0.2, 0) is 0 Å².